The van der Waals surface area contributed by atoms with Crippen molar-refractivity contribution in [1.29, 1.82) is 0 Å². The zero-order chi connectivity index (χ0) is 25.4. The van der Waals surface area contributed by atoms with Crippen LogP contribution in [0.4, 0.5) is 10.2 Å². The number of aromatic nitrogens is 5. The van der Waals surface area contributed by atoms with E-state index >= 15 is 0 Å². The quantitative estimate of drug-likeness (QED) is 0.327. The van der Waals surface area contributed by atoms with E-state index in [0.717, 1.165) is 35.1 Å². The number of anilines is 1. The number of benzene rings is 2. The lowest BCUT2D eigenvalue weighted by Gasteiger charge is -2.18. The molecule has 5 aromatic rings. The van der Waals surface area contributed by atoms with Gasteiger partial charge in [0.1, 0.15) is 23.1 Å². The molecule has 1 saturated carbocycles. The second-order valence-corrected chi connectivity index (χ2v) is 9.10. The van der Waals surface area contributed by atoms with Crippen molar-refractivity contribution in [3.63, 3.8) is 0 Å². The summed E-state index contributed by atoms with van der Waals surface area (Å²) < 4.78 is 27.5. The van der Waals surface area contributed by atoms with Crippen molar-refractivity contribution >= 4 is 16.9 Å². The Labute approximate surface area is 212 Å². The highest BCUT2D eigenvalue weighted by Crippen LogP contribution is 2.51. The molecular weight excluding hydrogens is 471 g/mol. The lowest BCUT2D eigenvalue weighted by Crippen LogP contribution is -2.16. The molecular formula is C28H25FN6O2. The molecule has 2 aromatic carbocycles. The van der Waals surface area contributed by atoms with Crippen molar-refractivity contribution in [2.75, 3.05) is 12.8 Å². The summed E-state index contributed by atoms with van der Waals surface area (Å²) in [6.07, 6.45) is 5.11. The van der Waals surface area contributed by atoms with Gasteiger partial charge in [-0.25, -0.2) is 24.0 Å². The molecule has 37 heavy (non-hydrogen) atoms. The third-order valence-corrected chi connectivity index (χ3v) is 6.68. The van der Waals surface area contributed by atoms with Gasteiger partial charge in [-0.2, -0.15) is 5.10 Å². The van der Waals surface area contributed by atoms with Crippen LogP contribution in [0.2, 0.25) is 0 Å². The summed E-state index contributed by atoms with van der Waals surface area (Å²) in [5, 5.41) is 5.47. The number of fused-ring (bicyclic) bond motifs is 1. The molecule has 0 radical (unpaired) electrons. The number of nitrogen functional groups attached to an aromatic ring is 1. The monoisotopic (exact) mass is 496 g/mol. The van der Waals surface area contributed by atoms with Crippen LogP contribution in [0, 0.1) is 5.82 Å². The number of nitrogens with zero attached hydrogens (tertiary/aromatic N) is 5. The molecule has 3 heterocycles. The van der Waals surface area contributed by atoms with E-state index in [1.165, 1.54) is 6.07 Å². The summed E-state index contributed by atoms with van der Waals surface area (Å²) in [6, 6.07) is 18.1. The Morgan fingerprint density at radius 2 is 1.84 bits per heavy atom. The fraction of sp³-hybridized carbons (Fsp3) is 0.214. The van der Waals surface area contributed by atoms with E-state index in [4.69, 9.17) is 20.3 Å². The molecule has 1 aliphatic rings. The SMILES string of the molecule is COc1ccc(COC2(c3cnc(-c4nn(Cc5ccccc5F)c5ncccc45)nc3N)CC2)cc1. The van der Waals surface area contributed by atoms with Gasteiger partial charge >= 0.3 is 0 Å². The van der Waals surface area contributed by atoms with Crippen LogP contribution < -0.4 is 10.5 Å². The van der Waals surface area contributed by atoms with Crippen LogP contribution in [0.25, 0.3) is 22.6 Å². The van der Waals surface area contributed by atoms with E-state index in [2.05, 4.69) is 15.0 Å². The van der Waals surface area contributed by atoms with Gasteiger partial charge < -0.3 is 15.2 Å². The Morgan fingerprint density at radius 3 is 2.57 bits per heavy atom. The first-order valence-electron chi connectivity index (χ1n) is 12.0. The first-order chi connectivity index (χ1) is 18.1. The summed E-state index contributed by atoms with van der Waals surface area (Å²) in [5.74, 6) is 1.26. The summed E-state index contributed by atoms with van der Waals surface area (Å²) in [7, 11) is 1.64. The molecule has 0 amide bonds. The number of halogens is 1. The van der Waals surface area contributed by atoms with Gasteiger partial charge in [0.15, 0.2) is 11.5 Å². The highest BCUT2D eigenvalue weighted by molar-refractivity contribution is 5.89. The summed E-state index contributed by atoms with van der Waals surface area (Å²) >= 11 is 0. The van der Waals surface area contributed by atoms with E-state index in [-0.39, 0.29) is 12.4 Å². The predicted octanol–water partition coefficient (Wildman–Crippen LogP) is 4.87. The minimum Gasteiger partial charge on any atom is -0.497 e. The molecule has 186 valence electrons. The van der Waals surface area contributed by atoms with Crippen molar-refractivity contribution in [1.82, 2.24) is 24.7 Å². The number of hydrogen-bond donors (Lipinski definition) is 1. The van der Waals surface area contributed by atoms with Crippen LogP contribution in [0.5, 0.6) is 5.75 Å². The Hall–Kier alpha value is -4.37. The molecule has 0 unspecified atom stereocenters. The van der Waals surface area contributed by atoms with Gasteiger partial charge in [-0.05, 0) is 48.7 Å². The van der Waals surface area contributed by atoms with Crippen molar-refractivity contribution in [3.8, 4) is 17.3 Å². The zero-order valence-corrected chi connectivity index (χ0v) is 20.3. The third-order valence-electron chi connectivity index (χ3n) is 6.68. The first kappa shape index (κ1) is 23.1. The summed E-state index contributed by atoms with van der Waals surface area (Å²) in [4.78, 5) is 13.7. The lowest BCUT2D eigenvalue weighted by molar-refractivity contribution is 0.0173. The molecule has 8 nitrogen and oxygen atoms in total. The molecule has 0 spiro atoms. The van der Waals surface area contributed by atoms with E-state index < -0.39 is 5.60 Å². The highest BCUT2D eigenvalue weighted by Gasteiger charge is 2.48. The Bertz CT molecular complexity index is 1580. The molecule has 1 fully saturated rings. The van der Waals surface area contributed by atoms with Crippen molar-refractivity contribution in [2.45, 2.75) is 31.6 Å². The minimum atomic E-state index is -0.490. The van der Waals surface area contributed by atoms with Gasteiger partial charge in [-0.15, -0.1) is 0 Å². The van der Waals surface area contributed by atoms with Gasteiger partial charge in [-0.1, -0.05) is 30.3 Å². The number of rotatable bonds is 8. The summed E-state index contributed by atoms with van der Waals surface area (Å²) in [5.41, 5.74) is 9.45. The predicted molar refractivity (Wildman–Crippen MR) is 137 cm³/mol. The number of nitrogens with two attached hydrogens (primary N) is 1. The third kappa shape index (κ3) is 4.38. The second-order valence-electron chi connectivity index (χ2n) is 9.10. The van der Waals surface area contributed by atoms with Crippen LogP contribution in [-0.2, 0) is 23.5 Å². The van der Waals surface area contributed by atoms with Gasteiger partial charge in [0, 0.05) is 23.5 Å². The number of hydrogen-bond acceptors (Lipinski definition) is 7. The molecule has 9 heteroatoms. The minimum absolute atomic E-state index is 0.232. The molecule has 0 saturated heterocycles. The fourth-order valence-corrected chi connectivity index (χ4v) is 4.48. The molecule has 2 N–H and O–H groups in total. The topological polar surface area (TPSA) is 101 Å². The average molecular weight is 497 g/mol. The van der Waals surface area contributed by atoms with E-state index in [1.807, 2.05) is 36.4 Å². The van der Waals surface area contributed by atoms with Gasteiger partial charge in [0.2, 0.25) is 0 Å². The largest absolute Gasteiger partial charge is 0.497 e. The maximum atomic E-state index is 14.3. The Kier molecular flexibility index (Phi) is 5.77. The molecule has 0 atom stereocenters. The Balaban J connectivity index is 1.28. The number of ether oxygens (including phenoxy) is 2. The average Bonchev–Trinajstić information content (AvgIpc) is 3.63. The molecule has 6 rings (SSSR count). The molecule has 1 aliphatic carbocycles. The van der Waals surface area contributed by atoms with E-state index in [0.29, 0.717) is 35.2 Å². The zero-order valence-electron chi connectivity index (χ0n) is 20.3. The first-order valence-corrected chi connectivity index (χ1v) is 12.0. The fourth-order valence-electron chi connectivity index (χ4n) is 4.48. The van der Waals surface area contributed by atoms with Crippen molar-refractivity contribution < 1.29 is 13.9 Å². The molecule has 3 aromatic heterocycles. The second kappa shape index (κ2) is 9.25. The summed E-state index contributed by atoms with van der Waals surface area (Å²) in [6.45, 7) is 0.679. The van der Waals surface area contributed by atoms with Gasteiger partial charge in [0.25, 0.3) is 0 Å². The van der Waals surface area contributed by atoms with Gasteiger partial charge in [0.05, 0.1) is 31.2 Å². The highest BCUT2D eigenvalue weighted by atomic mass is 19.1. The number of methoxy groups -OCH3 is 1. The van der Waals surface area contributed by atoms with E-state index in [1.54, 1.807) is 42.4 Å². The van der Waals surface area contributed by atoms with E-state index in [9.17, 15) is 4.39 Å². The maximum absolute atomic E-state index is 14.3. The van der Waals surface area contributed by atoms with Gasteiger partial charge in [-0.3, -0.25) is 0 Å². The maximum Gasteiger partial charge on any atom is 0.182 e. The lowest BCUT2D eigenvalue weighted by atomic mass is 10.1. The molecule has 0 aliphatic heterocycles. The molecule has 0 bridgehead atoms. The van der Waals surface area contributed by atoms with Crippen LogP contribution in [0.3, 0.4) is 0 Å². The van der Waals surface area contributed by atoms with Crippen molar-refractivity contribution in [2.24, 2.45) is 0 Å². The Morgan fingerprint density at radius 1 is 1.03 bits per heavy atom. The van der Waals surface area contributed by atoms with Crippen LogP contribution in [-0.4, -0.2) is 31.8 Å². The van der Waals surface area contributed by atoms with Crippen LogP contribution in [0.15, 0.2) is 73.1 Å². The standard InChI is InChI=1S/C28H25FN6O2/c1-36-20-10-8-18(9-11-20)17-37-28(12-13-28)22-15-32-26(33-25(22)30)24-21-6-4-14-31-27(21)35(34-24)16-19-5-2-3-7-23(19)29/h2-11,14-15H,12-13,16-17H2,1H3,(H2,30,32,33). The smallest absolute Gasteiger partial charge is 0.182 e. The normalized spacial score (nSPS) is 14.1. The van der Waals surface area contributed by atoms with Crippen LogP contribution >= 0.6 is 0 Å². The van der Waals surface area contributed by atoms with Crippen LogP contribution in [0.1, 0.15) is 29.5 Å². The number of pyridine rings is 1. The van der Waals surface area contributed by atoms with Crippen molar-refractivity contribution in [3.05, 3.63) is 95.6 Å².